The van der Waals surface area contributed by atoms with Gasteiger partial charge in [-0.25, -0.2) is 8.42 Å². The molecule has 4 rings (SSSR count). The molecule has 2 atom stereocenters. The van der Waals surface area contributed by atoms with Crippen molar-refractivity contribution in [2.75, 3.05) is 26.3 Å². The molecule has 0 bridgehead atoms. The molecule has 0 aromatic heterocycles. The molecule has 32 heavy (non-hydrogen) atoms. The predicted octanol–water partition coefficient (Wildman–Crippen LogP) is 6.00. The van der Waals surface area contributed by atoms with Crippen molar-refractivity contribution < 1.29 is 13.2 Å². The van der Waals surface area contributed by atoms with Crippen LogP contribution in [0.2, 0.25) is 5.02 Å². The van der Waals surface area contributed by atoms with Gasteiger partial charge in [0.05, 0.1) is 24.2 Å². The Balaban J connectivity index is 1.91. The first-order valence-electron chi connectivity index (χ1n) is 10.5. The number of aryl methyl sites for hydroxylation is 1. The average Bonchev–Trinajstić information content (AvgIpc) is 2.80. The molecule has 0 N–H and O–H groups in total. The van der Waals surface area contributed by atoms with Gasteiger partial charge in [-0.15, -0.1) is 0 Å². The summed E-state index contributed by atoms with van der Waals surface area (Å²) < 4.78 is 34.8. The zero-order chi connectivity index (χ0) is 22.7. The Morgan fingerprint density at radius 1 is 0.875 bits per heavy atom. The molecule has 7 heteroatoms. The van der Waals surface area contributed by atoms with E-state index < -0.39 is 15.1 Å². The Kier molecular flexibility index (Phi) is 7.37. The lowest BCUT2D eigenvalue weighted by molar-refractivity contribution is 0.0149. The Morgan fingerprint density at radius 2 is 1.44 bits per heavy atom. The molecule has 3 aromatic rings. The average molecular weight is 535 g/mol. The number of hydrogen-bond acceptors (Lipinski definition) is 4. The fourth-order valence-corrected chi connectivity index (χ4v) is 6.53. The standard InChI is InChI=1S/C25H25BrClNO3S/c1-18-2-12-23(13-3-18)32(29,30)25(20-4-8-21(26)9-5-20)24(28-14-16-31-17-15-28)19-6-10-22(27)11-7-19/h2-13,24-25H,14-17H2,1H3. The topological polar surface area (TPSA) is 46.6 Å². The third-order valence-electron chi connectivity index (χ3n) is 5.82. The predicted molar refractivity (Wildman–Crippen MR) is 132 cm³/mol. The number of morpholine rings is 1. The van der Waals surface area contributed by atoms with E-state index in [1.54, 1.807) is 12.1 Å². The quantitative estimate of drug-likeness (QED) is 0.389. The maximum absolute atomic E-state index is 14.2. The minimum absolute atomic E-state index is 0.322. The number of rotatable bonds is 6. The molecule has 0 radical (unpaired) electrons. The summed E-state index contributed by atoms with van der Waals surface area (Å²) in [6, 6.07) is 21.8. The van der Waals surface area contributed by atoms with Gasteiger partial charge in [0.2, 0.25) is 0 Å². The van der Waals surface area contributed by atoms with Gasteiger partial charge in [0.1, 0.15) is 5.25 Å². The highest BCUT2D eigenvalue weighted by Crippen LogP contribution is 2.43. The first kappa shape index (κ1) is 23.5. The largest absolute Gasteiger partial charge is 0.379 e. The van der Waals surface area contributed by atoms with E-state index in [1.807, 2.05) is 67.6 Å². The van der Waals surface area contributed by atoms with Crippen LogP contribution >= 0.6 is 27.5 Å². The van der Waals surface area contributed by atoms with Crippen LogP contribution in [0.4, 0.5) is 0 Å². The van der Waals surface area contributed by atoms with Crippen LogP contribution in [0, 0.1) is 6.92 Å². The summed E-state index contributed by atoms with van der Waals surface area (Å²) in [7, 11) is -3.72. The van der Waals surface area contributed by atoms with Crippen LogP contribution in [0.1, 0.15) is 28.0 Å². The molecule has 3 aromatic carbocycles. The van der Waals surface area contributed by atoms with Gasteiger partial charge in [-0.1, -0.05) is 69.5 Å². The maximum Gasteiger partial charge on any atom is 0.187 e. The number of benzene rings is 3. The molecular formula is C25H25BrClNO3S. The van der Waals surface area contributed by atoms with Crippen molar-refractivity contribution in [1.82, 2.24) is 4.90 Å². The fourth-order valence-electron chi connectivity index (χ4n) is 4.15. The van der Waals surface area contributed by atoms with Gasteiger partial charge in [-0.05, 0) is 54.4 Å². The number of sulfone groups is 1. The Hall–Kier alpha value is -1.70. The van der Waals surface area contributed by atoms with E-state index in [2.05, 4.69) is 20.8 Å². The third-order valence-corrected chi connectivity index (χ3v) is 8.73. The molecule has 1 aliphatic rings. The Morgan fingerprint density at radius 3 is 2.03 bits per heavy atom. The number of halogens is 2. The highest BCUT2D eigenvalue weighted by atomic mass is 79.9. The van der Waals surface area contributed by atoms with E-state index in [0.717, 1.165) is 21.2 Å². The van der Waals surface area contributed by atoms with Gasteiger partial charge in [0.15, 0.2) is 9.84 Å². The lowest BCUT2D eigenvalue weighted by Gasteiger charge is -2.39. The lowest BCUT2D eigenvalue weighted by Crippen LogP contribution is -2.43. The summed E-state index contributed by atoms with van der Waals surface area (Å²) in [5, 5.41) is -0.173. The van der Waals surface area contributed by atoms with Crippen molar-refractivity contribution in [2.24, 2.45) is 0 Å². The third kappa shape index (κ3) is 5.10. The van der Waals surface area contributed by atoms with E-state index in [9.17, 15) is 8.42 Å². The lowest BCUT2D eigenvalue weighted by atomic mass is 9.96. The second-order valence-electron chi connectivity index (χ2n) is 7.97. The molecule has 1 aliphatic heterocycles. The zero-order valence-electron chi connectivity index (χ0n) is 17.7. The first-order valence-corrected chi connectivity index (χ1v) is 13.2. The van der Waals surface area contributed by atoms with E-state index in [0.29, 0.717) is 36.2 Å². The summed E-state index contributed by atoms with van der Waals surface area (Å²) in [6.07, 6.45) is 0. The van der Waals surface area contributed by atoms with Crippen LogP contribution < -0.4 is 0 Å². The molecule has 1 heterocycles. The van der Waals surface area contributed by atoms with Gasteiger partial charge < -0.3 is 4.74 Å². The minimum atomic E-state index is -3.72. The molecule has 1 fully saturated rings. The van der Waals surface area contributed by atoms with E-state index in [4.69, 9.17) is 16.3 Å². The summed E-state index contributed by atoms with van der Waals surface area (Å²) in [5.74, 6) is 0. The van der Waals surface area contributed by atoms with Crippen molar-refractivity contribution in [3.8, 4) is 0 Å². The SMILES string of the molecule is Cc1ccc(S(=O)(=O)C(c2ccc(Br)cc2)C(c2ccc(Cl)cc2)N2CCOCC2)cc1. The maximum atomic E-state index is 14.2. The smallest absolute Gasteiger partial charge is 0.187 e. The molecule has 0 aliphatic carbocycles. The van der Waals surface area contributed by atoms with Crippen LogP contribution in [0.25, 0.3) is 0 Å². The van der Waals surface area contributed by atoms with Crippen molar-refractivity contribution in [1.29, 1.82) is 0 Å². The Bertz CT molecular complexity index is 1140. The van der Waals surface area contributed by atoms with E-state index in [-0.39, 0.29) is 6.04 Å². The van der Waals surface area contributed by atoms with Crippen LogP contribution in [0.3, 0.4) is 0 Å². The van der Waals surface area contributed by atoms with Crippen LogP contribution in [-0.2, 0) is 14.6 Å². The molecule has 168 valence electrons. The fraction of sp³-hybridized carbons (Fsp3) is 0.280. The number of hydrogen-bond donors (Lipinski definition) is 0. The van der Waals surface area contributed by atoms with Crippen LogP contribution in [0.15, 0.2) is 82.2 Å². The van der Waals surface area contributed by atoms with Gasteiger partial charge in [0.25, 0.3) is 0 Å². The van der Waals surface area contributed by atoms with Crippen molar-refractivity contribution >= 4 is 37.4 Å². The van der Waals surface area contributed by atoms with E-state index in [1.165, 1.54) is 0 Å². The highest BCUT2D eigenvalue weighted by Gasteiger charge is 2.40. The van der Waals surface area contributed by atoms with Crippen LogP contribution in [-0.4, -0.2) is 39.6 Å². The van der Waals surface area contributed by atoms with E-state index >= 15 is 0 Å². The summed E-state index contributed by atoms with van der Waals surface area (Å²) in [5.41, 5.74) is 2.69. The second kappa shape index (κ2) is 10.1. The molecule has 2 unspecified atom stereocenters. The molecule has 0 spiro atoms. The zero-order valence-corrected chi connectivity index (χ0v) is 20.9. The number of ether oxygens (including phenoxy) is 1. The van der Waals surface area contributed by atoms with Crippen molar-refractivity contribution in [3.05, 3.63) is 99.0 Å². The highest BCUT2D eigenvalue weighted by molar-refractivity contribution is 9.10. The molecule has 0 amide bonds. The Labute approximate surface area is 203 Å². The summed E-state index contributed by atoms with van der Waals surface area (Å²) in [4.78, 5) is 2.54. The molecule has 1 saturated heterocycles. The molecule has 4 nitrogen and oxygen atoms in total. The summed E-state index contributed by atoms with van der Waals surface area (Å²) in [6.45, 7) is 4.41. The van der Waals surface area contributed by atoms with Gasteiger partial charge in [-0.2, -0.15) is 0 Å². The normalized spacial score (nSPS) is 17.1. The van der Waals surface area contributed by atoms with Crippen LogP contribution in [0.5, 0.6) is 0 Å². The summed E-state index contributed by atoms with van der Waals surface area (Å²) >= 11 is 9.63. The van der Waals surface area contributed by atoms with Crippen molar-refractivity contribution in [2.45, 2.75) is 23.1 Å². The first-order chi connectivity index (χ1) is 15.4. The van der Waals surface area contributed by atoms with Gasteiger partial charge in [0, 0.05) is 22.6 Å². The van der Waals surface area contributed by atoms with Gasteiger partial charge in [-0.3, -0.25) is 4.90 Å². The molecule has 0 saturated carbocycles. The monoisotopic (exact) mass is 533 g/mol. The van der Waals surface area contributed by atoms with Crippen molar-refractivity contribution in [3.63, 3.8) is 0 Å². The minimum Gasteiger partial charge on any atom is -0.379 e. The second-order valence-corrected chi connectivity index (χ2v) is 11.4. The number of nitrogens with zero attached hydrogens (tertiary/aromatic N) is 1. The molecular weight excluding hydrogens is 510 g/mol. The van der Waals surface area contributed by atoms with Gasteiger partial charge >= 0.3 is 0 Å².